The fourth-order valence-electron chi connectivity index (χ4n) is 9.58. The molecular formula is C52H42N2Si. The number of benzene rings is 8. The van der Waals surface area contributed by atoms with Crippen molar-refractivity contribution in [3.8, 4) is 22.5 Å². The standard InChI is InChI=1S/C52H42N2Si/c1-52(2,3)55(40-21-9-5-10-22-40,41-23-11-6-12-24-41)49-32-18-28-45-43-26-14-16-30-47(43)54(51(45)49)48-31-17-27-44-42-25-13-15-29-46(42)53(50(44)48)39-35-33-38(34-36-39)37-19-7-4-8-20-37/h4-36H,1-3H3. The van der Waals surface area contributed by atoms with Crippen LogP contribution in [-0.4, -0.2) is 17.2 Å². The Morgan fingerprint density at radius 2 is 0.818 bits per heavy atom. The number of fused-ring (bicyclic) bond motifs is 6. The largest absolute Gasteiger partial charge is 0.307 e. The topological polar surface area (TPSA) is 9.86 Å². The average Bonchev–Trinajstić information content (AvgIpc) is 3.76. The van der Waals surface area contributed by atoms with E-state index in [1.165, 1.54) is 76.0 Å². The molecule has 0 N–H and O–H groups in total. The van der Waals surface area contributed by atoms with Gasteiger partial charge in [0.1, 0.15) is 0 Å². The highest BCUT2D eigenvalue weighted by Crippen LogP contribution is 2.42. The van der Waals surface area contributed by atoms with Crippen LogP contribution in [0.4, 0.5) is 0 Å². The fraction of sp³-hybridized carbons (Fsp3) is 0.0769. The van der Waals surface area contributed by atoms with Gasteiger partial charge in [0, 0.05) is 27.2 Å². The van der Waals surface area contributed by atoms with Crippen molar-refractivity contribution in [2.75, 3.05) is 0 Å². The van der Waals surface area contributed by atoms with Gasteiger partial charge < -0.3 is 9.13 Å². The molecule has 0 bridgehead atoms. The summed E-state index contributed by atoms with van der Waals surface area (Å²) in [5, 5.41) is 9.24. The summed E-state index contributed by atoms with van der Waals surface area (Å²) in [6.45, 7) is 7.38. The molecule has 0 atom stereocenters. The van der Waals surface area contributed by atoms with E-state index in [0.717, 1.165) is 5.69 Å². The molecule has 10 rings (SSSR count). The minimum Gasteiger partial charge on any atom is -0.307 e. The van der Waals surface area contributed by atoms with Gasteiger partial charge in [-0.05, 0) is 62.1 Å². The van der Waals surface area contributed by atoms with E-state index in [4.69, 9.17) is 0 Å². The van der Waals surface area contributed by atoms with E-state index in [-0.39, 0.29) is 5.04 Å². The third-order valence-electron chi connectivity index (χ3n) is 11.8. The number of nitrogens with zero attached hydrogens (tertiary/aromatic N) is 2. The lowest BCUT2D eigenvalue weighted by Crippen LogP contribution is -2.72. The molecule has 0 saturated heterocycles. The highest BCUT2D eigenvalue weighted by atomic mass is 28.3. The minimum absolute atomic E-state index is 0.0767. The Hall–Kier alpha value is -6.42. The lowest BCUT2D eigenvalue weighted by molar-refractivity contribution is 0.739. The van der Waals surface area contributed by atoms with Gasteiger partial charge in [-0.2, -0.15) is 0 Å². The van der Waals surface area contributed by atoms with E-state index < -0.39 is 8.07 Å². The van der Waals surface area contributed by atoms with Gasteiger partial charge in [0.25, 0.3) is 0 Å². The second-order valence-electron chi connectivity index (χ2n) is 15.7. The molecule has 8 aromatic carbocycles. The molecule has 0 radical (unpaired) electrons. The monoisotopic (exact) mass is 722 g/mol. The summed E-state index contributed by atoms with van der Waals surface area (Å²) >= 11 is 0. The van der Waals surface area contributed by atoms with Crippen molar-refractivity contribution in [3.63, 3.8) is 0 Å². The molecule has 0 unspecified atom stereocenters. The number of aromatic nitrogens is 2. The summed E-state index contributed by atoms with van der Waals surface area (Å²) in [6.07, 6.45) is 0. The smallest absolute Gasteiger partial charge is 0.156 e. The number of hydrogen-bond donors (Lipinski definition) is 0. The normalized spacial score (nSPS) is 12.3. The summed E-state index contributed by atoms with van der Waals surface area (Å²) in [5.41, 5.74) is 9.67. The van der Waals surface area contributed by atoms with Gasteiger partial charge in [-0.15, -0.1) is 0 Å². The van der Waals surface area contributed by atoms with Gasteiger partial charge in [0.05, 0.1) is 27.8 Å². The maximum absolute atomic E-state index is 2.76. The SMILES string of the molecule is CC(C)(C)[Si](c1ccccc1)(c1ccccc1)c1cccc2c3ccccc3n(-c3cccc4c5ccccc5n(-c5ccc(-c6ccccc6)cc5)c34)c12. The molecule has 2 nitrogen and oxygen atoms in total. The summed E-state index contributed by atoms with van der Waals surface area (Å²) in [6, 6.07) is 74.3. The Kier molecular flexibility index (Phi) is 7.76. The van der Waals surface area contributed by atoms with Gasteiger partial charge in [0.15, 0.2) is 8.07 Å². The van der Waals surface area contributed by atoms with Crippen LogP contribution in [0.3, 0.4) is 0 Å². The van der Waals surface area contributed by atoms with Crippen LogP contribution in [0.25, 0.3) is 66.1 Å². The molecule has 0 aliphatic heterocycles. The molecule has 0 aliphatic carbocycles. The zero-order chi connectivity index (χ0) is 37.1. The lowest BCUT2D eigenvalue weighted by atomic mass is 10.1. The third kappa shape index (κ3) is 5.00. The Bertz CT molecular complexity index is 2950. The van der Waals surface area contributed by atoms with Crippen LogP contribution in [-0.2, 0) is 0 Å². The van der Waals surface area contributed by atoms with Crippen molar-refractivity contribution in [2.45, 2.75) is 25.8 Å². The van der Waals surface area contributed by atoms with E-state index >= 15 is 0 Å². The maximum atomic E-state index is 2.61. The van der Waals surface area contributed by atoms with Crippen LogP contribution in [0.2, 0.25) is 5.04 Å². The van der Waals surface area contributed by atoms with Crippen LogP contribution in [0.5, 0.6) is 0 Å². The van der Waals surface area contributed by atoms with Crippen LogP contribution >= 0.6 is 0 Å². The molecule has 3 heteroatoms. The predicted octanol–water partition coefficient (Wildman–Crippen LogP) is 11.8. The van der Waals surface area contributed by atoms with Crippen LogP contribution in [0.1, 0.15) is 20.8 Å². The molecule has 264 valence electrons. The first-order valence-corrected chi connectivity index (χ1v) is 21.3. The molecule has 55 heavy (non-hydrogen) atoms. The Morgan fingerprint density at radius 1 is 0.364 bits per heavy atom. The lowest BCUT2D eigenvalue weighted by Gasteiger charge is -2.45. The molecule has 0 spiro atoms. The number of rotatable bonds is 6. The van der Waals surface area contributed by atoms with Gasteiger partial charge >= 0.3 is 0 Å². The highest BCUT2D eigenvalue weighted by molar-refractivity contribution is 7.14. The zero-order valence-electron chi connectivity index (χ0n) is 31.4. The Morgan fingerprint density at radius 3 is 1.40 bits per heavy atom. The van der Waals surface area contributed by atoms with Gasteiger partial charge in [-0.3, -0.25) is 0 Å². The maximum Gasteiger partial charge on any atom is 0.156 e. The van der Waals surface area contributed by atoms with E-state index in [9.17, 15) is 0 Å². The first kappa shape index (κ1) is 33.2. The van der Waals surface area contributed by atoms with Crippen LogP contribution < -0.4 is 15.6 Å². The predicted molar refractivity (Wildman–Crippen MR) is 238 cm³/mol. The molecule has 10 aromatic rings. The van der Waals surface area contributed by atoms with Crippen molar-refractivity contribution >= 4 is 67.2 Å². The first-order chi connectivity index (χ1) is 27.0. The van der Waals surface area contributed by atoms with Crippen molar-refractivity contribution in [3.05, 3.63) is 200 Å². The summed E-state index contributed by atoms with van der Waals surface area (Å²) in [5.74, 6) is 0. The van der Waals surface area contributed by atoms with Crippen LogP contribution in [0.15, 0.2) is 200 Å². The van der Waals surface area contributed by atoms with E-state index in [1.54, 1.807) is 0 Å². The molecule has 2 aromatic heterocycles. The van der Waals surface area contributed by atoms with Gasteiger partial charge in [-0.25, -0.2) is 0 Å². The Labute approximate surface area is 323 Å². The molecular weight excluding hydrogens is 681 g/mol. The fourth-order valence-corrected chi connectivity index (χ4v) is 15.4. The van der Waals surface area contributed by atoms with Crippen molar-refractivity contribution < 1.29 is 0 Å². The number of para-hydroxylation sites is 4. The molecule has 0 amide bonds. The summed E-state index contributed by atoms with van der Waals surface area (Å²) in [4.78, 5) is 0. The molecule has 0 fully saturated rings. The Balaban J connectivity index is 1.36. The molecule has 0 saturated carbocycles. The average molecular weight is 723 g/mol. The second kappa shape index (κ2) is 12.9. The van der Waals surface area contributed by atoms with E-state index in [0.29, 0.717) is 0 Å². The van der Waals surface area contributed by atoms with Crippen molar-refractivity contribution in [1.82, 2.24) is 9.13 Å². The highest BCUT2D eigenvalue weighted by Gasteiger charge is 2.50. The van der Waals surface area contributed by atoms with Crippen LogP contribution in [0, 0.1) is 0 Å². The quantitative estimate of drug-likeness (QED) is 0.119. The minimum atomic E-state index is -2.76. The second-order valence-corrected chi connectivity index (χ2v) is 20.4. The van der Waals surface area contributed by atoms with Gasteiger partial charge in [-0.1, -0.05) is 191 Å². The molecule has 0 aliphatic rings. The summed E-state index contributed by atoms with van der Waals surface area (Å²) < 4.78 is 5.09. The molecule has 2 heterocycles. The van der Waals surface area contributed by atoms with Gasteiger partial charge in [0.2, 0.25) is 0 Å². The van der Waals surface area contributed by atoms with E-state index in [2.05, 4.69) is 230 Å². The zero-order valence-corrected chi connectivity index (χ0v) is 32.4. The van der Waals surface area contributed by atoms with Crippen molar-refractivity contribution in [1.29, 1.82) is 0 Å². The van der Waals surface area contributed by atoms with E-state index in [1.807, 2.05) is 0 Å². The first-order valence-electron chi connectivity index (χ1n) is 19.3. The number of hydrogen-bond acceptors (Lipinski definition) is 0. The third-order valence-corrected chi connectivity index (χ3v) is 17.6. The summed E-state index contributed by atoms with van der Waals surface area (Å²) in [7, 11) is -2.76. The van der Waals surface area contributed by atoms with Crippen molar-refractivity contribution in [2.24, 2.45) is 0 Å².